The number of amides is 1. The highest BCUT2D eigenvalue weighted by molar-refractivity contribution is 8.18. The van der Waals surface area contributed by atoms with E-state index in [2.05, 4.69) is 24.2 Å². The fourth-order valence-electron chi connectivity index (χ4n) is 2.46. The second kappa shape index (κ2) is 9.46. The molecule has 2 aromatic rings. The van der Waals surface area contributed by atoms with Crippen LogP contribution in [0.15, 0.2) is 58.4 Å². The van der Waals surface area contributed by atoms with Crippen LogP contribution in [0.25, 0.3) is 6.08 Å². The molecular formula is C22H24N2O3S. The molecule has 0 aromatic heterocycles. The second-order valence-corrected chi connectivity index (χ2v) is 7.71. The first-order valence-corrected chi connectivity index (χ1v) is 10.1. The molecule has 0 radical (unpaired) electrons. The lowest BCUT2D eigenvalue weighted by molar-refractivity contribution is -0.115. The Morgan fingerprint density at radius 2 is 1.68 bits per heavy atom. The normalized spacial score (nSPS) is 16.6. The molecule has 1 fully saturated rings. The fourth-order valence-corrected chi connectivity index (χ4v) is 3.30. The molecule has 2 aromatic carbocycles. The van der Waals surface area contributed by atoms with Gasteiger partial charge < -0.3 is 14.8 Å². The van der Waals surface area contributed by atoms with Crippen molar-refractivity contribution in [3.05, 3.63) is 59.0 Å². The number of ether oxygens (including phenoxy) is 2. The van der Waals surface area contributed by atoms with Gasteiger partial charge in [0.15, 0.2) is 5.17 Å². The second-order valence-electron chi connectivity index (χ2n) is 6.68. The molecule has 6 heteroatoms. The van der Waals surface area contributed by atoms with Crippen LogP contribution in [0.1, 0.15) is 26.3 Å². The number of amidine groups is 1. The van der Waals surface area contributed by atoms with Crippen LogP contribution in [-0.2, 0) is 4.79 Å². The number of nitrogens with one attached hydrogen (secondary N) is 1. The summed E-state index contributed by atoms with van der Waals surface area (Å²) in [6.07, 6.45) is 1.85. The molecule has 1 aliphatic rings. The monoisotopic (exact) mass is 396 g/mol. The van der Waals surface area contributed by atoms with Crippen LogP contribution in [0.3, 0.4) is 0 Å². The molecular weight excluding hydrogens is 372 g/mol. The molecule has 1 saturated heterocycles. The van der Waals surface area contributed by atoms with Gasteiger partial charge in [-0.3, -0.25) is 4.79 Å². The molecule has 146 valence electrons. The predicted octanol–water partition coefficient (Wildman–Crippen LogP) is 5.01. The molecule has 3 rings (SSSR count). The molecule has 0 spiro atoms. The van der Waals surface area contributed by atoms with Crippen molar-refractivity contribution in [1.29, 1.82) is 0 Å². The summed E-state index contributed by atoms with van der Waals surface area (Å²) in [6, 6.07) is 15.2. The summed E-state index contributed by atoms with van der Waals surface area (Å²) < 4.78 is 11.1. The first-order chi connectivity index (χ1) is 13.5. The summed E-state index contributed by atoms with van der Waals surface area (Å²) >= 11 is 1.33. The van der Waals surface area contributed by atoms with E-state index in [1.165, 1.54) is 11.8 Å². The van der Waals surface area contributed by atoms with Crippen molar-refractivity contribution in [3.63, 3.8) is 0 Å². The van der Waals surface area contributed by atoms with Gasteiger partial charge in [-0.2, -0.15) is 0 Å². The number of aliphatic imine (C=N–C) groups is 1. The number of benzene rings is 2. The molecule has 28 heavy (non-hydrogen) atoms. The van der Waals surface area contributed by atoms with Crippen molar-refractivity contribution in [1.82, 2.24) is 5.32 Å². The minimum Gasteiger partial charge on any atom is -0.494 e. The third kappa shape index (κ3) is 5.63. The van der Waals surface area contributed by atoms with Crippen molar-refractivity contribution >= 4 is 34.6 Å². The molecule has 0 atom stereocenters. The highest BCUT2D eigenvalue weighted by atomic mass is 32.2. The fraction of sp³-hybridized carbons (Fsp3) is 0.273. The quantitative estimate of drug-likeness (QED) is 0.668. The van der Waals surface area contributed by atoms with E-state index in [0.29, 0.717) is 29.2 Å². The van der Waals surface area contributed by atoms with Gasteiger partial charge in [-0.1, -0.05) is 26.0 Å². The van der Waals surface area contributed by atoms with E-state index >= 15 is 0 Å². The maximum atomic E-state index is 12.2. The van der Waals surface area contributed by atoms with Gasteiger partial charge >= 0.3 is 0 Å². The standard InChI is InChI=1S/C22H24N2O3S/c1-4-26-18-11-7-17(8-12-18)23-22-24-21(25)20(28-22)13-16-5-9-19(10-6-16)27-14-15(2)3/h5-13,15H,4,14H2,1-3H3,(H,23,24,25)/b20-13-. The van der Waals surface area contributed by atoms with Gasteiger partial charge in [0.05, 0.1) is 23.8 Å². The van der Waals surface area contributed by atoms with Crippen molar-refractivity contribution in [2.24, 2.45) is 10.9 Å². The predicted molar refractivity (Wildman–Crippen MR) is 115 cm³/mol. The van der Waals surface area contributed by atoms with Gasteiger partial charge in [-0.05, 0) is 72.6 Å². The van der Waals surface area contributed by atoms with Gasteiger partial charge in [-0.15, -0.1) is 0 Å². The van der Waals surface area contributed by atoms with Crippen LogP contribution in [-0.4, -0.2) is 24.3 Å². The Kier molecular flexibility index (Phi) is 6.76. The number of carbonyl (C=O) groups excluding carboxylic acids is 1. The Bertz CT molecular complexity index is 872. The maximum Gasteiger partial charge on any atom is 0.264 e. The van der Waals surface area contributed by atoms with Crippen LogP contribution < -0.4 is 14.8 Å². The number of hydrogen-bond acceptors (Lipinski definition) is 5. The Labute approximate surface area is 169 Å². The third-order valence-electron chi connectivity index (χ3n) is 3.79. The van der Waals surface area contributed by atoms with Crippen molar-refractivity contribution in [2.75, 3.05) is 13.2 Å². The smallest absolute Gasteiger partial charge is 0.264 e. The maximum absolute atomic E-state index is 12.2. The number of carbonyl (C=O) groups is 1. The Hall–Kier alpha value is -2.73. The van der Waals surface area contributed by atoms with E-state index in [1.54, 1.807) is 0 Å². The van der Waals surface area contributed by atoms with Crippen molar-refractivity contribution in [2.45, 2.75) is 20.8 Å². The first kappa shape index (κ1) is 20.0. The molecule has 1 heterocycles. The average molecular weight is 397 g/mol. The number of hydrogen-bond donors (Lipinski definition) is 1. The van der Waals surface area contributed by atoms with E-state index in [0.717, 1.165) is 22.7 Å². The van der Waals surface area contributed by atoms with Crippen LogP contribution in [0.4, 0.5) is 5.69 Å². The summed E-state index contributed by atoms with van der Waals surface area (Å²) in [7, 11) is 0. The number of thioether (sulfide) groups is 1. The molecule has 0 bridgehead atoms. The average Bonchev–Trinajstić information content (AvgIpc) is 3.02. The van der Waals surface area contributed by atoms with Gasteiger partial charge in [0.2, 0.25) is 0 Å². The van der Waals surface area contributed by atoms with E-state index in [1.807, 2.05) is 61.5 Å². The van der Waals surface area contributed by atoms with E-state index in [-0.39, 0.29) is 5.91 Å². The lowest BCUT2D eigenvalue weighted by Crippen LogP contribution is -2.19. The Balaban J connectivity index is 1.66. The van der Waals surface area contributed by atoms with Crippen LogP contribution in [0.2, 0.25) is 0 Å². The third-order valence-corrected chi connectivity index (χ3v) is 4.70. The van der Waals surface area contributed by atoms with Crippen molar-refractivity contribution < 1.29 is 14.3 Å². The SMILES string of the molecule is CCOc1ccc(N=C2NC(=O)/C(=C/c3ccc(OCC(C)C)cc3)S2)cc1. The lowest BCUT2D eigenvalue weighted by Gasteiger charge is -2.08. The molecule has 0 aliphatic carbocycles. The molecule has 5 nitrogen and oxygen atoms in total. The van der Waals surface area contributed by atoms with Crippen molar-refractivity contribution in [3.8, 4) is 11.5 Å². The zero-order valence-electron chi connectivity index (χ0n) is 16.3. The molecule has 0 saturated carbocycles. The molecule has 1 N–H and O–H groups in total. The Morgan fingerprint density at radius 3 is 2.32 bits per heavy atom. The van der Waals surface area contributed by atoms with Crippen LogP contribution in [0.5, 0.6) is 11.5 Å². The summed E-state index contributed by atoms with van der Waals surface area (Å²) in [5.41, 5.74) is 1.70. The van der Waals surface area contributed by atoms with Gasteiger partial charge in [-0.25, -0.2) is 4.99 Å². The molecule has 0 unspecified atom stereocenters. The van der Waals surface area contributed by atoms with E-state index in [9.17, 15) is 4.79 Å². The zero-order valence-corrected chi connectivity index (χ0v) is 17.1. The summed E-state index contributed by atoms with van der Waals surface area (Å²) in [5.74, 6) is 1.97. The highest BCUT2D eigenvalue weighted by Crippen LogP contribution is 2.29. The molecule has 1 aliphatic heterocycles. The summed E-state index contributed by atoms with van der Waals surface area (Å²) in [4.78, 5) is 17.3. The van der Waals surface area contributed by atoms with Gasteiger partial charge in [0.1, 0.15) is 11.5 Å². The minimum atomic E-state index is -0.144. The van der Waals surface area contributed by atoms with E-state index in [4.69, 9.17) is 9.47 Å². The van der Waals surface area contributed by atoms with Gasteiger partial charge in [0, 0.05) is 0 Å². The minimum absolute atomic E-state index is 0.144. The zero-order chi connectivity index (χ0) is 19.9. The largest absolute Gasteiger partial charge is 0.494 e. The number of rotatable bonds is 7. The summed E-state index contributed by atoms with van der Waals surface area (Å²) in [6.45, 7) is 7.48. The van der Waals surface area contributed by atoms with E-state index < -0.39 is 0 Å². The number of nitrogens with zero attached hydrogens (tertiary/aromatic N) is 1. The molecule has 1 amide bonds. The summed E-state index contributed by atoms with van der Waals surface area (Å²) in [5, 5.41) is 3.37. The first-order valence-electron chi connectivity index (χ1n) is 9.29. The highest BCUT2D eigenvalue weighted by Gasteiger charge is 2.23. The van der Waals surface area contributed by atoms with Crippen LogP contribution in [0, 0.1) is 5.92 Å². The lowest BCUT2D eigenvalue weighted by atomic mass is 10.2. The Morgan fingerprint density at radius 1 is 1.04 bits per heavy atom. The van der Waals surface area contributed by atoms with Gasteiger partial charge in [0.25, 0.3) is 5.91 Å². The van der Waals surface area contributed by atoms with Crippen LogP contribution >= 0.6 is 11.8 Å². The topological polar surface area (TPSA) is 59.9 Å².